The average molecular weight is 311 g/mol. The van der Waals surface area contributed by atoms with Crippen LogP contribution in [-0.4, -0.2) is 52.1 Å². The molecule has 0 aromatic carbocycles. The van der Waals surface area contributed by atoms with Crippen molar-refractivity contribution in [3.05, 3.63) is 21.0 Å². The van der Waals surface area contributed by atoms with Crippen LogP contribution in [0.1, 0.15) is 19.3 Å². The summed E-state index contributed by atoms with van der Waals surface area (Å²) in [5.41, 5.74) is -0.439. The highest BCUT2D eigenvalue weighted by Crippen LogP contribution is 2.16. The van der Waals surface area contributed by atoms with Gasteiger partial charge in [0.05, 0.1) is 38.1 Å². The molecule has 0 bridgehead atoms. The van der Waals surface area contributed by atoms with E-state index in [-0.39, 0.29) is 29.7 Å². The molecule has 0 radical (unpaired) electrons. The van der Waals surface area contributed by atoms with E-state index in [1.165, 1.54) is 4.57 Å². The Morgan fingerprint density at radius 3 is 1.45 bits per heavy atom. The minimum Gasteiger partial charge on any atom is -0.373 e. The van der Waals surface area contributed by atoms with Crippen LogP contribution in [0.15, 0.2) is 9.59 Å². The molecule has 1 aromatic heterocycles. The summed E-state index contributed by atoms with van der Waals surface area (Å²) < 4.78 is 20.0. The quantitative estimate of drug-likeness (QED) is 0.556. The van der Waals surface area contributed by atoms with Gasteiger partial charge in [-0.05, 0) is 19.3 Å². The second-order valence-electron chi connectivity index (χ2n) is 6.20. The molecule has 3 unspecified atom stereocenters. The van der Waals surface area contributed by atoms with Gasteiger partial charge >= 0.3 is 11.4 Å². The van der Waals surface area contributed by atoms with Crippen LogP contribution in [0.25, 0.3) is 0 Å². The van der Waals surface area contributed by atoms with Crippen molar-refractivity contribution in [1.82, 2.24) is 13.9 Å². The van der Waals surface area contributed by atoms with Crippen molar-refractivity contribution >= 4 is 0 Å². The summed E-state index contributed by atoms with van der Waals surface area (Å²) >= 11 is 0. The van der Waals surface area contributed by atoms with E-state index in [2.05, 4.69) is 0 Å². The maximum atomic E-state index is 12.5. The summed E-state index contributed by atoms with van der Waals surface area (Å²) in [5, 5.41) is 0. The monoisotopic (exact) mass is 311 g/mol. The third-order valence-electron chi connectivity index (χ3n) is 4.40. The largest absolute Gasteiger partial charge is 0.373 e. The van der Waals surface area contributed by atoms with E-state index in [1.54, 1.807) is 9.36 Å². The summed E-state index contributed by atoms with van der Waals surface area (Å²) in [7, 11) is 0. The Labute approximate surface area is 127 Å². The molecule has 4 rings (SSSR count). The molecular weight excluding hydrogens is 290 g/mol. The Hall–Kier alpha value is -1.38. The van der Waals surface area contributed by atoms with Crippen LogP contribution in [0.2, 0.25) is 0 Å². The molecule has 0 spiro atoms. The molecule has 22 heavy (non-hydrogen) atoms. The van der Waals surface area contributed by atoms with Crippen LogP contribution < -0.4 is 11.4 Å². The first kappa shape index (κ1) is 14.2. The van der Waals surface area contributed by atoms with Crippen LogP contribution in [-0.2, 0) is 33.8 Å². The molecule has 3 saturated heterocycles. The summed E-state index contributed by atoms with van der Waals surface area (Å²) in [6.45, 7) is 3.73. The lowest BCUT2D eigenvalue weighted by atomic mass is 10.3. The maximum Gasteiger partial charge on any atom is 0.347 e. The van der Waals surface area contributed by atoms with E-state index >= 15 is 0 Å². The molecule has 0 saturated carbocycles. The zero-order chi connectivity index (χ0) is 15.1. The Morgan fingerprint density at radius 2 is 1.09 bits per heavy atom. The lowest BCUT2D eigenvalue weighted by molar-refractivity contribution is 0.337. The molecule has 0 N–H and O–H groups in total. The fraction of sp³-hybridized carbons (Fsp3) is 0.857. The molecule has 8 heteroatoms. The molecule has 3 aliphatic heterocycles. The van der Waals surface area contributed by atoms with Gasteiger partial charge in [-0.3, -0.25) is 0 Å². The summed E-state index contributed by atoms with van der Waals surface area (Å²) in [5.74, 6) is 0. The number of nitrogens with zero attached hydrogens (tertiary/aromatic N) is 3. The van der Waals surface area contributed by atoms with Crippen LogP contribution in [0.3, 0.4) is 0 Å². The van der Waals surface area contributed by atoms with Gasteiger partial charge in [-0.2, -0.15) is 0 Å². The fourth-order valence-electron chi connectivity index (χ4n) is 2.70. The molecule has 3 aliphatic rings. The van der Waals surface area contributed by atoms with Gasteiger partial charge in [0, 0.05) is 19.6 Å². The fourth-order valence-corrected chi connectivity index (χ4v) is 2.70. The highest BCUT2D eigenvalue weighted by Gasteiger charge is 2.27. The maximum absolute atomic E-state index is 12.5. The summed E-state index contributed by atoms with van der Waals surface area (Å²) in [4.78, 5) is 25.1. The standard InChI is InChI=1S/C14H21N3O5/c18-13-15(4-1-10-7-20-10)14(19)17(6-3-12-9-22-12)16(13)5-2-11-8-21-11/h10-12H,1-9H2. The lowest BCUT2D eigenvalue weighted by Gasteiger charge is -2.07. The second kappa shape index (κ2) is 5.68. The van der Waals surface area contributed by atoms with E-state index in [0.717, 1.165) is 39.1 Å². The lowest BCUT2D eigenvalue weighted by Crippen LogP contribution is -2.29. The van der Waals surface area contributed by atoms with Crippen LogP contribution >= 0.6 is 0 Å². The number of ether oxygens (including phenoxy) is 3. The van der Waals surface area contributed by atoms with Crippen LogP contribution in [0.5, 0.6) is 0 Å². The van der Waals surface area contributed by atoms with E-state index < -0.39 is 0 Å². The topological polar surface area (TPSA) is 86.5 Å². The minimum absolute atomic E-state index is 0.211. The van der Waals surface area contributed by atoms with Gasteiger partial charge in [-0.25, -0.2) is 23.5 Å². The number of epoxide rings is 3. The predicted molar refractivity (Wildman–Crippen MR) is 76.0 cm³/mol. The zero-order valence-corrected chi connectivity index (χ0v) is 12.5. The first-order valence-corrected chi connectivity index (χ1v) is 7.97. The van der Waals surface area contributed by atoms with Crippen molar-refractivity contribution in [3.63, 3.8) is 0 Å². The SMILES string of the molecule is O=c1n(CCC2CO2)c(=O)n(CCC2CO2)n1CCC1CO1. The van der Waals surface area contributed by atoms with Gasteiger partial charge in [0.25, 0.3) is 0 Å². The first-order chi connectivity index (χ1) is 10.7. The molecular formula is C14H21N3O5. The van der Waals surface area contributed by atoms with Crippen molar-refractivity contribution in [2.75, 3.05) is 19.8 Å². The Bertz CT molecular complexity index is 601. The Balaban J connectivity index is 1.54. The Morgan fingerprint density at radius 1 is 0.727 bits per heavy atom. The highest BCUT2D eigenvalue weighted by molar-refractivity contribution is 4.80. The minimum atomic E-state index is -0.219. The molecule has 8 nitrogen and oxygen atoms in total. The van der Waals surface area contributed by atoms with Gasteiger partial charge in [0.2, 0.25) is 0 Å². The average Bonchev–Trinajstić information content (AvgIpc) is 3.37. The van der Waals surface area contributed by atoms with E-state index in [1.807, 2.05) is 0 Å². The Kier molecular flexibility index (Phi) is 3.67. The van der Waals surface area contributed by atoms with Gasteiger partial charge < -0.3 is 14.2 Å². The first-order valence-electron chi connectivity index (χ1n) is 7.97. The van der Waals surface area contributed by atoms with E-state index in [4.69, 9.17) is 14.2 Å². The number of aromatic nitrogens is 3. The van der Waals surface area contributed by atoms with Crippen molar-refractivity contribution in [2.24, 2.45) is 0 Å². The van der Waals surface area contributed by atoms with Gasteiger partial charge in [0.1, 0.15) is 0 Å². The van der Waals surface area contributed by atoms with E-state index in [0.29, 0.717) is 19.6 Å². The van der Waals surface area contributed by atoms with Gasteiger partial charge in [-0.15, -0.1) is 0 Å². The molecule has 3 atom stereocenters. The van der Waals surface area contributed by atoms with Gasteiger partial charge in [-0.1, -0.05) is 0 Å². The summed E-state index contributed by atoms with van der Waals surface area (Å²) in [6.07, 6.45) is 2.96. The number of hydrogen-bond acceptors (Lipinski definition) is 5. The molecule has 0 amide bonds. The van der Waals surface area contributed by atoms with Crippen LogP contribution in [0.4, 0.5) is 0 Å². The number of rotatable bonds is 9. The molecule has 122 valence electrons. The third-order valence-corrected chi connectivity index (χ3v) is 4.40. The van der Waals surface area contributed by atoms with Crippen molar-refractivity contribution in [2.45, 2.75) is 57.2 Å². The molecule has 1 aromatic rings. The predicted octanol–water partition coefficient (Wildman–Crippen LogP) is -0.822. The van der Waals surface area contributed by atoms with E-state index in [9.17, 15) is 9.59 Å². The third kappa shape index (κ3) is 3.18. The van der Waals surface area contributed by atoms with Crippen LogP contribution in [0, 0.1) is 0 Å². The zero-order valence-electron chi connectivity index (χ0n) is 12.5. The van der Waals surface area contributed by atoms with Crippen molar-refractivity contribution in [1.29, 1.82) is 0 Å². The highest BCUT2D eigenvalue weighted by atomic mass is 16.6. The molecule has 0 aliphatic carbocycles. The van der Waals surface area contributed by atoms with Gasteiger partial charge in [0.15, 0.2) is 0 Å². The molecule has 3 fully saturated rings. The second-order valence-corrected chi connectivity index (χ2v) is 6.20. The molecule has 4 heterocycles. The van der Waals surface area contributed by atoms with Crippen molar-refractivity contribution < 1.29 is 14.2 Å². The van der Waals surface area contributed by atoms with Crippen molar-refractivity contribution in [3.8, 4) is 0 Å². The number of hydrogen-bond donors (Lipinski definition) is 0. The summed E-state index contributed by atoms with van der Waals surface area (Å²) in [6, 6.07) is 0. The smallest absolute Gasteiger partial charge is 0.347 e. The normalized spacial score (nSPS) is 28.8.